The maximum absolute atomic E-state index is 13.9. The Balaban J connectivity index is 1.62. The highest BCUT2D eigenvalue weighted by molar-refractivity contribution is 7.99. The summed E-state index contributed by atoms with van der Waals surface area (Å²) in [5, 5.41) is 0.442. The Morgan fingerprint density at radius 2 is 1.72 bits per heavy atom. The number of hydrogen-bond acceptors (Lipinski definition) is 6. The number of fused-ring (bicyclic) bond motifs is 1. The number of amides is 1. The van der Waals surface area contributed by atoms with E-state index >= 15 is 0 Å². The van der Waals surface area contributed by atoms with E-state index < -0.39 is 0 Å². The molecule has 5 aromatic rings. The number of hydrogen-bond donors (Lipinski definition) is 0. The van der Waals surface area contributed by atoms with Crippen LogP contribution in [0.15, 0.2) is 82.7 Å². The van der Waals surface area contributed by atoms with Crippen LogP contribution in [0.1, 0.15) is 23.6 Å². The van der Waals surface area contributed by atoms with E-state index in [2.05, 4.69) is 13.0 Å². The van der Waals surface area contributed by atoms with E-state index in [0.717, 1.165) is 22.5 Å². The lowest BCUT2D eigenvalue weighted by Gasteiger charge is -2.21. The first kappa shape index (κ1) is 27.1. The van der Waals surface area contributed by atoms with Gasteiger partial charge in [0.15, 0.2) is 14.8 Å². The molecular formula is C30H28N4O2S3. The standard InChI is InChI=1S/C30H28N4O2S3/c1-5-32(23-13-9-10-19(2)16-23)25(35)18-38-29-31-27-26(28(36)34(29)22-11-7-6-8-12-22)39-30(37)33(27)24-15-14-20(3)21(4)17-24/h6-17H,5,18H2,1-4H3. The molecule has 5 rings (SSSR count). The number of thioether (sulfide) groups is 1. The Hall–Kier alpha value is -3.53. The van der Waals surface area contributed by atoms with Gasteiger partial charge in [0.25, 0.3) is 5.56 Å². The summed E-state index contributed by atoms with van der Waals surface area (Å²) in [4.78, 5) is 34.0. The second kappa shape index (κ2) is 11.3. The Kier molecular flexibility index (Phi) is 7.83. The van der Waals surface area contributed by atoms with Gasteiger partial charge in [-0.25, -0.2) is 4.98 Å². The van der Waals surface area contributed by atoms with E-state index in [9.17, 15) is 9.59 Å². The quantitative estimate of drug-likeness (QED) is 0.119. The number of para-hydroxylation sites is 1. The van der Waals surface area contributed by atoms with Crippen LogP contribution in [0.5, 0.6) is 0 Å². The molecule has 2 aromatic heterocycles. The zero-order valence-corrected chi connectivity index (χ0v) is 24.6. The van der Waals surface area contributed by atoms with E-state index in [1.54, 1.807) is 9.47 Å². The van der Waals surface area contributed by atoms with Gasteiger partial charge in [0.05, 0.1) is 11.4 Å². The summed E-state index contributed by atoms with van der Waals surface area (Å²) >= 11 is 8.24. The molecule has 0 unspecified atom stereocenters. The Labute approximate surface area is 240 Å². The first-order chi connectivity index (χ1) is 18.8. The van der Waals surface area contributed by atoms with Gasteiger partial charge >= 0.3 is 0 Å². The molecule has 0 saturated heterocycles. The zero-order valence-electron chi connectivity index (χ0n) is 22.2. The fourth-order valence-electron chi connectivity index (χ4n) is 4.43. The molecule has 198 valence electrons. The predicted octanol–water partition coefficient (Wildman–Crippen LogP) is 7.04. The van der Waals surface area contributed by atoms with Gasteiger partial charge in [-0.3, -0.25) is 18.7 Å². The maximum atomic E-state index is 13.9. The second-order valence-electron chi connectivity index (χ2n) is 9.26. The lowest BCUT2D eigenvalue weighted by Crippen LogP contribution is -2.32. The van der Waals surface area contributed by atoms with Gasteiger partial charge < -0.3 is 4.90 Å². The number of carbonyl (C=O) groups is 1. The lowest BCUT2D eigenvalue weighted by molar-refractivity contribution is -0.116. The molecule has 9 heteroatoms. The minimum absolute atomic E-state index is 0.0571. The molecule has 39 heavy (non-hydrogen) atoms. The highest BCUT2D eigenvalue weighted by Crippen LogP contribution is 2.29. The van der Waals surface area contributed by atoms with Crippen molar-refractivity contribution < 1.29 is 4.79 Å². The molecule has 3 aromatic carbocycles. The fraction of sp³-hybridized carbons (Fsp3) is 0.200. The van der Waals surface area contributed by atoms with Crippen LogP contribution >= 0.6 is 35.3 Å². The minimum atomic E-state index is -0.203. The Bertz CT molecular complexity index is 1810. The maximum Gasteiger partial charge on any atom is 0.278 e. The van der Waals surface area contributed by atoms with Crippen LogP contribution in [0.2, 0.25) is 0 Å². The van der Waals surface area contributed by atoms with Crippen LogP contribution in [-0.4, -0.2) is 32.3 Å². The number of aromatic nitrogens is 3. The summed E-state index contributed by atoms with van der Waals surface area (Å²) in [6, 6.07) is 23.4. The van der Waals surface area contributed by atoms with E-state index in [0.29, 0.717) is 31.7 Å². The number of benzene rings is 3. The van der Waals surface area contributed by atoms with E-state index in [-0.39, 0.29) is 17.2 Å². The fourth-order valence-corrected chi connectivity index (χ4v) is 6.62. The van der Waals surface area contributed by atoms with Crippen LogP contribution in [0.3, 0.4) is 0 Å². The van der Waals surface area contributed by atoms with Crippen LogP contribution in [0.4, 0.5) is 5.69 Å². The molecule has 0 bridgehead atoms. The number of nitrogens with zero attached hydrogens (tertiary/aromatic N) is 4. The van der Waals surface area contributed by atoms with Gasteiger partial charge in [0, 0.05) is 17.9 Å². The summed E-state index contributed by atoms with van der Waals surface area (Å²) < 4.78 is 4.47. The summed E-state index contributed by atoms with van der Waals surface area (Å²) in [6.45, 7) is 8.61. The average molecular weight is 573 g/mol. The highest BCUT2D eigenvalue weighted by Gasteiger charge is 2.21. The minimum Gasteiger partial charge on any atom is -0.312 e. The van der Waals surface area contributed by atoms with Gasteiger partial charge in [-0.15, -0.1) is 0 Å². The third-order valence-corrected chi connectivity index (χ3v) is 8.87. The first-order valence-electron chi connectivity index (χ1n) is 12.6. The lowest BCUT2D eigenvalue weighted by atomic mass is 10.1. The second-order valence-corrected chi connectivity index (χ2v) is 11.8. The van der Waals surface area contributed by atoms with Crippen LogP contribution < -0.4 is 10.5 Å². The number of aryl methyl sites for hydroxylation is 3. The molecule has 0 aliphatic heterocycles. The molecular weight excluding hydrogens is 545 g/mol. The number of anilines is 1. The summed E-state index contributed by atoms with van der Waals surface area (Å²) in [6.07, 6.45) is 0. The molecule has 0 aliphatic carbocycles. The van der Waals surface area contributed by atoms with Crippen LogP contribution in [-0.2, 0) is 4.79 Å². The summed E-state index contributed by atoms with van der Waals surface area (Å²) in [5.74, 6) is 0.0690. The number of thiazole rings is 1. The van der Waals surface area contributed by atoms with Crippen LogP contribution in [0, 0.1) is 24.7 Å². The third kappa shape index (κ3) is 5.34. The van der Waals surface area contributed by atoms with Crippen molar-refractivity contribution in [1.82, 2.24) is 14.1 Å². The Morgan fingerprint density at radius 1 is 0.949 bits per heavy atom. The molecule has 0 spiro atoms. The Morgan fingerprint density at radius 3 is 2.41 bits per heavy atom. The van der Waals surface area contributed by atoms with Gasteiger partial charge in [0.1, 0.15) is 4.70 Å². The van der Waals surface area contributed by atoms with Crippen molar-refractivity contribution in [2.24, 2.45) is 0 Å². The van der Waals surface area contributed by atoms with Gasteiger partial charge in [0.2, 0.25) is 5.91 Å². The van der Waals surface area contributed by atoms with Gasteiger partial charge in [-0.2, -0.15) is 0 Å². The molecule has 0 saturated carbocycles. The van der Waals surface area contributed by atoms with Gasteiger partial charge in [-0.05, 0) is 93.0 Å². The normalized spacial score (nSPS) is 11.2. The molecule has 0 atom stereocenters. The van der Waals surface area contributed by atoms with E-state index in [4.69, 9.17) is 17.2 Å². The predicted molar refractivity (Wildman–Crippen MR) is 165 cm³/mol. The SMILES string of the molecule is CCN(C(=O)CSc1nc2c(sc(=S)n2-c2ccc(C)c(C)c2)c(=O)n1-c1ccccc1)c1cccc(C)c1. The van der Waals surface area contributed by atoms with Crippen molar-refractivity contribution in [2.45, 2.75) is 32.9 Å². The van der Waals surface area contributed by atoms with Crippen molar-refractivity contribution in [3.05, 3.63) is 104 Å². The van der Waals surface area contributed by atoms with Crippen molar-refractivity contribution in [1.29, 1.82) is 0 Å². The zero-order chi connectivity index (χ0) is 27.7. The van der Waals surface area contributed by atoms with Crippen molar-refractivity contribution in [3.8, 4) is 11.4 Å². The van der Waals surface area contributed by atoms with E-state index in [1.807, 2.05) is 92.1 Å². The van der Waals surface area contributed by atoms with Crippen molar-refractivity contribution >= 4 is 57.3 Å². The molecule has 0 radical (unpaired) electrons. The highest BCUT2D eigenvalue weighted by atomic mass is 32.2. The molecule has 1 amide bonds. The summed E-state index contributed by atoms with van der Waals surface area (Å²) in [7, 11) is 0. The third-order valence-electron chi connectivity index (χ3n) is 6.60. The summed E-state index contributed by atoms with van der Waals surface area (Å²) in [5.41, 5.74) is 6.10. The number of carbonyl (C=O) groups excluding carboxylic acids is 1. The van der Waals surface area contributed by atoms with Crippen molar-refractivity contribution in [2.75, 3.05) is 17.2 Å². The topological polar surface area (TPSA) is 60.1 Å². The molecule has 2 heterocycles. The number of rotatable bonds is 7. The van der Waals surface area contributed by atoms with Gasteiger partial charge in [-0.1, -0.05) is 59.5 Å². The van der Waals surface area contributed by atoms with Crippen molar-refractivity contribution in [3.63, 3.8) is 0 Å². The molecule has 0 fully saturated rings. The monoisotopic (exact) mass is 572 g/mol. The van der Waals surface area contributed by atoms with Crippen LogP contribution in [0.25, 0.3) is 21.7 Å². The largest absolute Gasteiger partial charge is 0.312 e. The smallest absolute Gasteiger partial charge is 0.278 e. The molecule has 6 nitrogen and oxygen atoms in total. The first-order valence-corrected chi connectivity index (χ1v) is 14.8. The average Bonchev–Trinajstić information content (AvgIpc) is 3.26. The van der Waals surface area contributed by atoms with E-state index in [1.165, 1.54) is 28.7 Å². The molecule has 0 aliphatic rings. The molecule has 0 N–H and O–H groups in total.